The first kappa shape index (κ1) is 62.8. The Balaban J connectivity index is 1.66. The molecule has 1 saturated heterocycles. The van der Waals surface area contributed by atoms with E-state index in [-0.39, 0.29) is 94.8 Å². The van der Waals surface area contributed by atoms with E-state index in [1.54, 1.807) is 52.2 Å². The van der Waals surface area contributed by atoms with Crippen molar-refractivity contribution in [1.82, 2.24) is 31.1 Å². The van der Waals surface area contributed by atoms with E-state index in [0.717, 1.165) is 12.0 Å². The molecular formula is C56H81F3N8O8. The quantitative estimate of drug-likeness (QED) is 0.0333. The van der Waals surface area contributed by atoms with Crippen LogP contribution in [0.1, 0.15) is 117 Å². The molecule has 0 aromatic heterocycles. The molecule has 0 bridgehead atoms. The van der Waals surface area contributed by atoms with Crippen LogP contribution in [-0.4, -0.2) is 109 Å². The van der Waals surface area contributed by atoms with Gasteiger partial charge in [-0.2, -0.15) is 13.2 Å². The fourth-order valence-corrected chi connectivity index (χ4v) is 9.07. The number of halogens is 3. The van der Waals surface area contributed by atoms with Crippen LogP contribution in [0, 0.1) is 23.2 Å². The molecule has 0 saturated carbocycles. The highest BCUT2D eigenvalue weighted by molar-refractivity contribution is 6.04. The summed E-state index contributed by atoms with van der Waals surface area (Å²) < 4.78 is 49.4. The molecule has 19 heteroatoms. The van der Waals surface area contributed by atoms with Crippen molar-refractivity contribution in [3.05, 3.63) is 102 Å². The molecule has 0 spiro atoms. The van der Waals surface area contributed by atoms with Crippen LogP contribution in [0.4, 0.5) is 28.4 Å². The Morgan fingerprint density at radius 2 is 1.45 bits per heavy atom. The Morgan fingerprint density at radius 1 is 0.813 bits per heavy atom. The van der Waals surface area contributed by atoms with Gasteiger partial charge in [-0.05, 0) is 80.1 Å². The number of ether oxygens (including phenoxy) is 1. The number of imide groups is 1. The van der Waals surface area contributed by atoms with Crippen LogP contribution in [0.15, 0.2) is 96.7 Å². The van der Waals surface area contributed by atoms with Crippen LogP contribution in [-0.2, 0) is 35.3 Å². The Bertz CT molecular complexity index is 2240. The number of allylic oxidation sites excluding steroid dienone is 12. The van der Waals surface area contributed by atoms with E-state index in [0.29, 0.717) is 36.9 Å². The number of alkyl carbamates (subject to hydrolysis) is 1. The van der Waals surface area contributed by atoms with Gasteiger partial charge in [-0.1, -0.05) is 133 Å². The number of carbonyl (C=O) groups is 7. The lowest BCUT2D eigenvalue weighted by Crippen LogP contribution is -2.58. The molecule has 1 heterocycles. The average molecular weight is 1050 g/mol. The van der Waals surface area contributed by atoms with Crippen LogP contribution >= 0.6 is 0 Å². The Hall–Kier alpha value is -6.50. The van der Waals surface area contributed by atoms with Gasteiger partial charge in [0.05, 0.1) is 12.0 Å². The third-order valence-electron chi connectivity index (χ3n) is 13.6. The Kier molecular flexibility index (Phi) is 26.8. The molecule has 1 aromatic carbocycles. The van der Waals surface area contributed by atoms with Crippen molar-refractivity contribution >= 4 is 47.3 Å². The highest BCUT2D eigenvalue weighted by atomic mass is 19.4. The maximum atomic E-state index is 14.7. The minimum absolute atomic E-state index is 0.00452. The Morgan fingerprint density at radius 3 is 2.05 bits per heavy atom. The standard InChI is InChI=1S/C56H81F3N8O8/c1-8-40(5)37-55(9-2,42-24-18-15-13-11-10-12-14-16-19-25-42)44-36-48(69)67(52(44)72)35-21-17-20-27-46(56(57,58)59)65-49(39(3)4)51(71)64-45(26-22-33-61-53(60)73)50(70)63-43-31-29-41(30-32-43)38-75-54(74)62-34-23-28-47(68)66(6)7/h10-16,18-19,24-25,29-32,39-40,44-46,49,65H,8-9,17,20-23,26-28,33-38H2,1-7H3,(H,62,74)(H,63,70)(H,64,71)(H3,60,61,73)/b11-10-,12-10?,13-11?,14-12-,15-13-,16-14?,18-15?,19-16-,24-18-,25-19?,42-24?,42-25+/t40?,44?,45-,46-,49-,55?/m0/s1. The van der Waals surface area contributed by atoms with Crippen molar-refractivity contribution in [3.8, 4) is 0 Å². The maximum absolute atomic E-state index is 14.7. The maximum Gasteiger partial charge on any atom is 0.407 e. The molecule has 16 nitrogen and oxygen atoms in total. The van der Waals surface area contributed by atoms with Crippen LogP contribution in [0.3, 0.4) is 0 Å². The molecule has 1 aromatic rings. The first-order valence-electron chi connectivity index (χ1n) is 26.2. The second-order valence-corrected chi connectivity index (χ2v) is 19.8. The van der Waals surface area contributed by atoms with Crippen molar-refractivity contribution in [1.29, 1.82) is 0 Å². The van der Waals surface area contributed by atoms with Crippen molar-refractivity contribution in [2.45, 2.75) is 143 Å². The molecule has 3 unspecified atom stereocenters. The fourth-order valence-electron chi connectivity index (χ4n) is 9.07. The van der Waals surface area contributed by atoms with Gasteiger partial charge in [-0.15, -0.1) is 0 Å². The number of carbonyl (C=O) groups excluding carboxylic acids is 7. The molecule has 2 aliphatic rings. The molecule has 75 heavy (non-hydrogen) atoms. The fraction of sp³-hybridized carbons (Fsp3) is 0.554. The summed E-state index contributed by atoms with van der Waals surface area (Å²) >= 11 is 0. The number of rotatable bonds is 29. The molecule has 1 aliphatic heterocycles. The summed E-state index contributed by atoms with van der Waals surface area (Å²) in [6, 6.07) is 0.832. The summed E-state index contributed by atoms with van der Waals surface area (Å²) in [5.74, 6) is -3.13. The lowest BCUT2D eigenvalue weighted by molar-refractivity contribution is -0.161. The van der Waals surface area contributed by atoms with E-state index in [1.165, 1.54) is 9.80 Å². The number of anilines is 1. The number of nitrogens with one attached hydrogen (secondary N) is 5. The normalized spacial score (nSPS) is 20.1. The second-order valence-electron chi connectivity index (χ2n) is 19.8. The summed E-state index contributed by atoms with van der Waals surface area (Å²) in [6.45, 7) is 9.77. The van der Waals surface area contributed by atoms with Gasteiger partial charge in [-0.25, -0.2) is 9.59 Å². The van der Waals surface area contributed by atoms with E-state index in [2.05, 4.69) is 40.4 Å². The molecule has 414 valence electrons. The predicted octanol–water partition coefficient (Wildman–Crippen LogP) is 8.69. The largest absolute Gasteiger partial charge is 0.445 e. The molecule has 1 fully saturated rings. The summed E-state index contributed by atoms with van der Waals surface area (Å²) in [5.41, 5.74) is 6.42. The lowest BCUT2D eigenvalue weighted by Gasteiger charge is -2.40. The van der Waals surface area contributed by atoms with E-state index in [4.69, 9.17) is 10.5 Å². The molecule has 7 N–H and O–H groups in total. The van der Waals surface area contributed by atoms with Gasteiger partial charge in [0, 0.05) is 57.7 Å². The minimum Gasteiger partial charge on any atom is -0.445 e. The van der Waals surface area contributed by atoms with Gasteiger partial charge in [-0.3, -0.25) is 34.2 Å². The van der Waals surface area contributed by atoms with Crippen molar-refractivity contribution in [2.75, 3.05) is 39.0 Å². The second kappa shape index (κ2) is 32.1. The van der Waals surface area contributed by atoms with E-state index < -0.39 is 65.5 Å². The van der Waals surface area contributed by atoms with E-state index >= 15 is 0 Å². The highest BCUT2D eigenvalue weighted by Gasteiger charge is 2.51. The van der Waals surface area contributed by atoms with Gasteiger partial charge in [0.25, 0.3) is 0 Å². The number of nitrogens with two attached hydrogens (primary N) is 1. The Labute approximate surface area is 441 Å². The number of benzene rings is 1. The highest BCUT2D eigenvalue weighted by Crippen LogP contribution is 2.50. The number of nitrogens with zero attached hydrogens (tertiary/aromatic N) is 2. The molecule has 8 amide bonds. The number of primary amides is 1. The number of unbranched alkanes of at least 4 members (excludes halogenated alkanes) is 2. The predicted molar refractivity (Wildman–Crippen MR) is 285 cm³/mol. The number of urea groups is 1. The number of likely N-dealkylation sites (tertiary alicyclic amines) is 1. The van der Waals surface area contributed by atoms with Crippen molar-refractivity contribution in [2.24, 2.45) is 28.9 Å². The zero-order valence-electron chi connectivity index (χ0n) is 44.8. The van der Waals surface area contributed by atoms with Crippen LogP contribution in [0.2, 0.25) is 0 Å². The average Bonchev–Trinajstić information content (AvgIpc) is 3.64. The number of hydrogen-bond acceptors (Lipinski definition) is 9. The van der Waals surface area contributed by atoms with Gasteiger partial charge >= 0.3 is 18.3 Å². The third-order valence-corrected chi connectivity index (χ3v) is 13.6. The van der Waals surface area contributed by atoms with Gasteiger partial charge in [0.2, 0.25) is 29.5 Å². The molecule has 6 atom stereocenters. The summed E-state index contributed by atoms with van der Waals surface area (Å²) in [4.78, 5) is 93.4. The number of amides is 8. The molecule has 0 radical (unpaired) electrons. The van der Waals surface area contributed by atoms with E-state index in [9.17, 15) is 46.7 Å². The van der Waals surface area contributed by atoms with Crippen molar-refractivity contribution in [3.63, 3.8) is 0 Å². The summed E-state index contributed by atoms with van der Waals surface area (Å²) in [6.07, 6.45) is 19.3. The zero-order chi connectivity index (χ0) is 55.6. The minimum atomic E-state index is -4.75. The summed E-state index contributed by atoms with van der Waals surface area (Å²) in [7, 11) is 3.29. The first-order valence-corrected chi connectivity index (χ1v) is 26.2. The first-order chi connectivity index (χ1) is 35.6. The lowest BCUT2D eigenvalue weighted by atomic mass is 9.62. The zero-order valence-corrected chi connectivity index (χ0v) is 44.8. The van der Waals surface area contributed by atoms with Crippen LogP contribution < -0.4 is 32.3 Å². The number of hydrogen-bond donors (Lipinski definition) is 6. The van der Waals surface area contributed by atoms with Gasteiger partial charge in [0.1, 0.15) is 18.7 Å². The van der Waals surface area contributed by atoms with Crippen molar-refractivity contribution < 1.29 is 51.5 Å². The van der Waals surface area contributed by atoms with E-state index in [1.807, 2.05) is 73.8 Å². The molecular weight excluding hydrogens is 970 g/mol. The molecule has 1 aliphatic carbocycles. The molecule has 3 rings (SSSR count). The van der Waals surface area contributed by atoms with Gasteiger partial charge in [0.15, 0.2) is 0 Å². The van der Waals surface area contributed by atoms with Gasteiger partial charge < -0.3 is 36.6 Å². The SMILES string of the molecule is CCC(C)CC(CC)(C1=C/C=C\C=C/C=C\C=C/C=C\1)C1CC(=O)N(CCCCC[C@H](N[C@H](C(=O)N[C@@H](CCCNC(N)=O)C(=O)Nc2ccc(COC(=O)NCCCC(=O)N(C)C)cc2)C(C)C)C(F)(F)F)C1=O. The topological polar surface area (TPSA) is 221 Å². The number of alkyl halides is 3. The summed E-state index contributed by atoms with van der Waals surface area (Å²) in [5, 5.41) is 12.9. The monoisotopic (exact) mass is 1050 g/mol. The van der Waals surface area contributed by atoms with Crippen LogP contribution in [0.25, 0.3) is 0 Å². The third kappa shape index (κ3) is 21.3. The smallest absolute Gasteiger partial charge is 0.407 e. The van der Waals surface area contributed by atoms with Crippen LogP contribution in [0.5, 0.6) is 0 Å².